The summed E-state index contributed by atoms with van der Waals surface area (Å²) in [5.74, 6) is -0.125. The SMILES string of the molecule is Cc1c(C(=O)N2CCN(Cc3ccc(Br)s3)CC2)cccc1[N+](=O)[O-]. The maximum Gasteiger partial charge on any atom is 0.273 e. The largest absolute Gasteiger partial charge is 0.336 e. The van der Waals surface area contributed by atoms with Gasteiger partial charge in [-0.3, -0.25) is 19.8 Å². The van der Waals surface area contributed by atoms with Crippen molar-refractivity contribution < 1.29 is 9.72 Å². The molecule has 3 rings (SSSR count). The zero-order valence-corrected chi connectivity index (χ0v) is 16.2. The number of nitro groups is 1. The monoisotopic (exact) mass is 423 g/mol. The third-order valence-corrected chi connectivity index (χ3v) is 6.01. The minimum atomic E-state index is -0.441. The quantitative estimate of drug-likeness (QED) is 0.555. The van der Waals surface area contributed by atoms with E-state index in [2.05, 4.69) is 26.9 Å². The van der Waals surface area contributed by atoms with Crippen molar-refractivity contribution in [1.29, 1.82) is 0 Å². The van der Waals surface area contributed by atoms with Gasteiger partial charge in [0, 0.05) is 54.8 Å². The number of carbonyl (C=O) groups excluding carboxylic acids is 1. The molecular formula is C17H18BrN3O3S. The van der Waals surface area contributed by atoms with Crippen LogP contribution in [0.4, 0.5) is 5.69 Å². The van der Waals surface area contributed by atoms with Crippen LogP contribution in [0.3, 0.4) is 0 Å². The predicted molar refractivity (Wildman–Crippen MR) is 101 cm³/mol. The third-order valence-electron chi connectivity index (χ3n) is 4.40. The van der Waals surface area contributed by atoms with Crippen LogP contribution in [-0.2, 0) is 6.54 Å². The molecule has 1 aliphatic heterocycles. The molecule has 0 aliphatic carbocycles. The number of hydrogen-bond acceptors (Lipinski definition) is 5. The molecule has 132 valence electrons. The molecule has 6 nitrogen and oxygen atoms in total. The number of nitro benzene ring substituents is 1. The number of thiophene rings is 1. The van der Waals surface area contributed by atoms with E-state index in [1.165, 1.54) is 10.9 Å². The molecule has 0 atom stereocenters. The lowest BCUT2D eigenvalue weighted by molar-refractivity contribution is -0.385. The van der Waals surface area contributed by atoms with Gasteiger partial charge in [-0.25, -0.2) is 0 Å². The van der Waals surface area contributed by atoms with Crippen LogP contribution in [0.2, 0.25) is 0 Å². The summed E-state index contributed by atoms with van der Waals surface area (Å²) in [5, 5.41) is 11.1. The molecule has 1 aromatic carbocycles. The van der Waals surface area contributed by atoms with Crippen molar-refractivity contribution in [2.45, 2.75) is 13.5 Å². The van der Waals surface area contributed by atoms with Gasteiger partial charge in [0.1, 0.15) is 0 Å². The number of benzene rings is 1. The first-order valence-electron chi connectivity index (χ1n) is 7.95. The first kappa shape index (κ1) is 18.0. The Morgan fingerprint density at radius 1 is 1.24 bits per heavy atom. The predicted octanol–water partition coefficient (Wildman–Crippen LogP) is 3.69. The van der Waals surface area contributed by atoms with Crippen LogP contribution < -0.4 is 0 Å². The second-order valence-corrected chi connectivity index (χ2v) is 8.53. The van der Waals surface area contributed by atoms with Crippen LogP contribution in [0.15, 0.2) is 34.1 Å². The van der Waals surface area contributed by atoms with E-state index in [4.69, 9.17) is 0 Å². The maximum atomic E-state index is 12.7. The lowest BCUT2D eigenvalue weighted by atomic mass is 10.1. The van der Waals surface area contributed by atoms with E-state index in [1.807, 2.05) is 6.07 Å². The van der Waals surface area contributed by atoms with Crippen LogP contribution in [0, 0.1) is 17.0 Å². The summed E-state index contributed by atoms with van der Waals surface area (Å²) in [6.07, 6.45) is 0. The van der Waals surface area contributed by atoms with Crippen molar-refractivity contribution >= 4 is 38.9 Å². The van der Waals surface area contributed by atoms with Gasteiger partial charge in [0.05, 0.1) is 8.71 Å². The summed E-state index contributed by atoms with van der Waals surface area (Å²) < 4.78 is 1.12. The summed E-state index contributed by atoms with van der Waals surface area (Å²) in [5.41, 5.74) is 0.848. The zero-order valence-electron chi connectivity index (χ0n) is 13.8. The summed E-state index contributed by atoms with van der Waals surface area (Å²) in [4.78, 5) is 28.8. The Morgan fingerprint density at radius 2 is 1.96 bits per heavy atom. The first-order chi connectivity index (χ1) is 12.0. The topological polar surface area (TPSA) is 66.7 Å². The van der Waals surface area contributed by atoms with Crippen molar-refractivity contribution in [3.8, 4) is 0 Å². The molecule has 0 spiro atoms. The van der Waals surface area contributed by atoms with E-state index in [0.717, 1.165) is 23.4 Å². The first-order valence-corrected chi connectivity index (χ1v) is 9.56. The number of amides is 1. The van der Waals surface area contributed by atoms with Gasteiger partial charge in [-0.1, -0.05) is 6.07 Å². The van der Waals surface area contributed by atoms with Crippen LogP contribution in [0.25, 0.3) is 0 Å². The van der Waals surface area contributed by atoms with E-state index in [9.17, 15) is 14.9 Å². The maximum absolute atomic E-state index is 12.7. The molecule has 2 heterocycles. The number of hydrogen-bond donors (Lipinski definition) is 0. The Hall–Kier alpha value is -1.77. The highest BCUT2D eigenvalue weighted by Crippen LogP contribution is 2.25. The Labute approximate surface area is 158 Å². The van der Waals surface area contributed by atoms with Crippen LogP contribution in [0.5, 0.6) is 0 Å². The minimum absolute atomic E-state index is 0.00671. The number of halogens is 1. The zero-order chi connectivity index (χ0) is 18.0. The normalized spacial score (nSPS) is 15.4. The molecule has 8 heteroatoms. The van der Waals surface area contributed by atoms with E-state index in [1.54, 1.807) is 35.3 Å². The third kappa shape index (κ3) is 4.08. The molecule has 0 unspecified atom stereocenters. The highest BCUT2D eigenvalue weighted by atomic mass is 79.9. The van der Waals surface area contributed by atoms with Gasteiger partial charge >= 0.3 is 0 Å². The Balaban J connectivity index is 1.64. The van der Waals surface area contributed by atoms with E-state index in [0.29, 0.717) is 24.2 Å². The molecule has 0 bridgehead atoms. The standard InChI is InChI=1S/C17H18BrN3O3S/c1-12-14(3-2-4-15(12)21(23)24)17(22)20-9-7-19(8-10-20)11-13-5-6-16(18)25-13/h2-6H,7-11H2,1H3. The Morgan fingerprint density at radius 3 is 2.56 bits per heavy atom. The number of nitrogens with zero attached hydrogens (tertiary/aromatic N) is 3. The molecular weight excluding hydrogens is 406 g/mol. The minimum Gasteiger partial charge on any atom is -0.336 e. The fourth-order valence-electron chi connectivity index (χ4n) is 2.99. The smallest absolute Gasteiger partial charge is 0.273 e. The molecule has 1 aromatic heterocycles. The molecule has 0 saturated carbocycles. The van der Waals surface area contributed by atoms with Crippen molar-refractivity contribution in [3.63, 3.8) is 0 Å². The van der Waals surface area contributed by atoms with Gasteiger partial charge in [-0.2, -0.15) is 0 Å². The second-order valence-electron chi connectivity index (χ2n) is 5.98. The highest BCUT2D eigenvalue weighted by molar-refractivity contribution is 9.11. The van der Waals surface area contributed by atoms with Gasteiger partial charge in [0.25, 0.3) is 11.6 Å². The van der Waals surface area contributed by atoms with Gasteiger partial charge < -0.3 is 4.90 Å². The van der Waals surface area contributed by atoms with E-state index in [-0.39, 0.29) is 11.6 Å². The van der Waals surface area contributed by atoms with Crippen LogP contribution >= 0.6 is 27.3 Å². The van der Waals surface area contributed by atoms with Crippen molar-refractivity contribution in [1.82, 2.24) is 9.80 Å². The van der Waals surface area contributed by atoms with Crippen LogP contribution in [-0.4, -0.2) is 46.8 Å². The van der Waals surface area contributed by atoms with Gasteiger partial charge in [0.15, 0.2) is 0 Å². The average molecular weight is 424 g/mol. The fourth-order valence-corrected chi connectivity index (χ4v) is 4.52. The van der Waals surface area contributed by atoms with Crippen molar-refractivity contribution in [2.24, 2.45) is 0 Å². The molecule has 2 aromatic rings. The summed E-state index contributed by atoms with van der Waals surface area (Å²) in [6, 6.07) is 8.83. The molecule has 25 heavy (non-hydrogen) atoms. The van der Waals surface area contributed by atoms with Gasteiger partial charge in [-0.05, 0) is 41.1 Å². The summed E-state index contributed by atoms with van der Waals surface area (Å²) >= 11 is 5.20. The average Bonchev–Trinajstić information content (AvgIpc) is 3.00. The second kappa shape index (κ2) is 7.63. The lowest BCUT2D eigenvalue weighted by Crippen LogP contribution is -2.48. The van der Waals surface area contributed by atoms with Crippen molar-refractivity contribution in [2.75, 3.05) is 26.2 Å². The molecule has 0 radical (unpaired) electrons. The summed E-state index contributed by atoms with van der Waals surface area (Å²) in [7, 11) is 0. The number of rotatable bonds is 4. The molecule has 1 saturated heterocycles. The fraction of sp³-hybridized carbons (Fsp3) is 0.353. The van der Waals surface area contributed by atoms with Crippen LogP contribution in [0.1, 0.15) is 20.8 Å². The summed E-state index contributed by atoms with van der Waals surface area (Å²) in [6.45, 7) is 5.38. The Bertz CT molecular complexity index is 800. The number of piperazine rings is 1. The lowest BCUT2D eigenvalue weighted by Gasteiger charge is -2.34. The van der Waals surface area contributed by atoms with E-state index < -0.39 is 4.92 Å². The number of carbonyl (C=O) groups is 1. The molecule has 0 N–H and O–H groups in total. The van der Waals surface area contributed by atoms with Gasteiger partial charge in [-0.15, -0.1) is 11.3 Å². The highest BCUT2D eigenvalue weighted by Gasteiger charge is 2.25. The van der Waals surface area contributed by atoms with Gasteiger partial charge in [0.2, 0.25) is 0 Å². The molecule has 1 fully saturated rings. The molecule has 1 amide bonds. The molecule has 1 aliphatic rings. The Kier molecular flexibility index (Phi) is 5.51. The van der Waals surface area contributed by atoms with E-state index >= 15 is 0 Å². The van der Waals surface area contributed by atoms with Crippen molar-refractivity contribution in [3.05, 3.63) is 60.2 Å².